The Labute approximate surface area is 167 Å². The number of amidine groups is 1. The maximum atomic E-state index is 12.6. The van der Waals surface area contributed by atoms with Crippen LogP contribution in [0.15, 0.2) is 70.2 Å². The standard InChI is InChI=1S/C20H18N4O4S/c1-13(25)14-2-8-17(9-3-14)29(26,27)23-15-4-6-16(7-5-15)24-12-22-20-18(19(24)21)10-11-28-20/h2-11,21-23H,12H2,1H3. The van der Waals surface area contributed by atoms with Gasteiger partial charge < -0.3 is 14.6 Å². The van der Waals surface area contributed by atoms with E-state index in [0.29, 0.717) is 35.2 Å². The highest BCUT2D eigenvalue weighted by atomic mass is 32.2. The molecule has 3 N–H and O–H groups in total. The molecule has 0 unspecified atom stereocenters. The Kier molecular flexibility index (Phi) is 4.59. The average molecular weight is 410 g/mol. The summed E-state index contributed by atoms with van der Waals surface area (Å²) in [5.41, 5.74) is 2.25. The van der Waals surface area contributed by atoms with Crippen LogP contribution >= 0.6 is 0 Å². The van der Waals surface area contributed by atoms with Crippen molar-refractivity contribution in [2.45, 2.75) is 11.8 Å². The minimum Gasteiger partial charge on any atom is -0.448 e. The zero-order chi connectivity index (χ0) is 20.6. The van der Waals surface area contributed by atoms with Crippen LogP contribution in [0.25, 0.3) is 0 Å². The van der Waals surface area contributed by atoms with Crippen molar-refractivity contribution in [2.24, 2.45) is 0 Å². The molecule has 148 valence electrons. The molecule has 0 bridgehead atoms. The first-order chi connectivity index (χ1) is 13.8. The first-order valence-corrected chi connectivity index (χ1v) is 10.3. The number of hydrogen-bond donors (Lipinski definition) is 3. The fraction of sp³-hybridized carbons (Fsp3) is 0.100. The van der Waals surface area contributed by atoms with Crippen molar-refractivity contribution in [3.63, 3.8) is 0 Å². The summed E-state index contributed by atoms with van der Waals surface area (Å²) in [4.78, 5) is 13.2. The molecule has 8 nitrogen and oxygen atoms in total. The zero-order valence-electron chi connectivity index (χ0n) is 15.5. The first-order valence-electron chi connectivity index (χ1n) is 8.77. The molecule has 9 heteroatoms. The van der Waals surface area contributed by atoms with Crippen LogP contribution in [0, 0.1) is 5.41 Å². The lowest BCUT2D eigenvalue weighted by Crippen LogP contribution is -2.39. The molecule has 29 heavy (non-hydrogen) atoms. The molecule has 0 saturated heterocycles. The van der Waals surface area contributed by atoms with Gasteiger partial charge in [-0.05, 0) is 49.4 Å². The highest BCUT2D eigenvalue weighted by molar-refractivity contribution is 7.92. The topological polar surface area (TPSA) is 116 Å². The number of carbonyl (C=O) groups excluding carboxylic acids is 1. The number of sulfonamides is 1. The molecular formula is C20H18N4O4S. The highest BCUT2D eigenvalue weighted by Gasteiger charge is 2.24. The smallest absolute Gasteiger partial charge is 0.261 e. The SMILES string of the molecule is CC(=O)c1ccc(S(=O)(=O)Nc2ccc(N3CNc4occc4C3=N)cc2)cc1. The van der Waals surface area contributed by atoms with Gasteiger partial charge in [-0.1, -0.05) is 12.1 Å². The number of nitrogens with one attached hydrogen (secondary N) is 3. The Morgan fingerprint density at radius 1 is 1.10 bits per heavy atom. The molecule has 1 aliphatic rings. The summed E-state index contributed by atoms with van der Waals surface area (Å²) in [5, 5.41) is 11.4. The van der Waals surface area contributed by atoms with Crippen LogP contribution in [0.4, 0.5) is 17.3 Å². The molecule has 0 amide bonds. The molecule has 3 aromatic rings. The molecule has 0 atom stereocenters. The second kappa shape index (κ2) is 7.10. The van der Waals surface area contributed by atoms with Gasteiger partial charge in [-0.15, -0.1) is 0 Å². The van der Waals surface area contributed by atoms with E-state index < -0.39 is 10.0 Å². The largest absolute Gasteiger partial charge is 0.448 e. The van der Waals surface area contributed by atoms with Crippen molar-refractivity contribution in [1.82, 2.24) is 0 Å². The second-order valence-corrected chi connectivity index (χ2v) is 8.19. The van der Waals surface area contributed by atoms with Gasteiger partial charge in [0.05, 0.1) is 23.4 Å². The lowest BCUT2D eigenvalue weighted by Gasteiger charge is -2.29. The number of rotatable bonds is 5. The molecule has 2 aromatic carbocycles. The minimum absolute atomic E-state index is 0.0704. The Morgan fingerprint density at radius 3 is 2.45 bits per heavy atom. The van der Waals surface area contributed by atoms with E-state index in [1.807, 2.05) is 0 Å². The van der Waals surface area contributed by atoms with Crippen molar-refractivity contribution < 1.29 is 17.6 Å². The van der Waals surface area contributed by atoms with Crippen molar-refractivity contribution in [1.29, 1.82) is 5.41 Å². The van der Waals surface area contributed by atoms with Crippen LogP contribution < -0.4 is 14.9 Å². The summed E-state index contributed by atoms with van der Waals surface area (Å²) in [5.74, 6) is 0.732. The number of carbonyl (C=O) groups is 1. The Hall–Kier alpha value is -3.59. The van der Waals surface area contributed by atoms with Gasteiger partial charge in [0.25, 0.3) is 10.0 Å². The predicted molar refractivity (Wildman–Crippen MR) is 110 cm³/mol. The number of nitrogens with zero attached hydrogens (tertiary/aromatic N) is 1. The van der Waals surface area contributed by atoms with E-state index in [-0.39, 0.29) is 10.7 Å². The molecule has 0 saturated carbocycles. The summed E-state index contributed by atoms with van der Waals surface area (Å²) in [6.07, 6.45) is 1.52. The molecule has 1 aromatic heterocycles. The zero-order valence-corrected chi connectivity index (χ0v) is 16.3. The van der Waals surface area contributed by atoms with E-state index in [4.69, 9.17) is 9.83 Å². The van der Waals surface area contributed by atoms with E-state index in [1.165, 1.54) is 37.5 Å². The Bertz CT molecular complexity index is 1180. The van der Waals surface area contributed by atoms with E-state index in [2.05, 4.69) is 10.0 Å². The fourth-order valence-electron chi connectivity index (χ4n) is 3.02. The third kappa shape index (κ3) is 3.59. The third-order valence-corrected chi connectivity index (χ3v) is 5.99. The Morgan fingerprint density at radius 2 is 1.79 bits per heavy atom. The minimum atomic E-state index is -3.78. The molecule has 0 spiro atoms. The monoisotopic (exact) mass is 410 g/mol. The third-order valence-electron chi connectivity index (χ3n) is 4.59. The lowest BCUT2D eigenvalue weighted by atomic mass is 10.2. The fourth-order valence-corrected chi connectivity index (χ4v) is 4.08. The van der Waals surface area contributed by atoms with Crippen molar-refractivity contribution in [3.8, 4) is 0 Å². The molecule has 1 aliphatic heterocycles. The number of furan rings is 1. The van der Waals surface area contributed by atoms with E-state index in [1.54, 1.807) is 35.2 Å². The van der Waals surface area contributed by atoms with E-state index in [9.17, 15) is 13.2 Å². The van der Waals surface area contributed by atoms with Gasteiger partial charge in [0.2, 0.25) is 5.88 Å². The molecule has 4 rings (SSSR count). The number of fused-ring (bicyclic) bond motifs is 1. The highest BCUT2D eigenvalue weighted by Crippen LogP contribution is 2.28. The summed E-state index contributed by atoms with van der Waals surface area (Å²) < 4.78 is 32.9. The van der Waals surface area contributed by atoms with Crippen LogP contribution in [0.3, 0.4) is 0 Å². The van der Waals surface area contributed by atoms with Crippen molar-refractivity contribution in [3.05, 3.63) is 72.0 Å². The number of hydrogen-bond acceptors (Lipinski definition) is 6. The second-order valence-electron chi connectivity index (χ2n) is 6.51. The van der Waals surface area contributed by atoms with Gasteiger partial charge in [0, 0.05) is 16.9 Å². The van der Waals surface area contributed by atoms with Crippen LogP contribution in [-0.2, 0) is 10.0 Å². The molecule has 0 radical (unpaired) electrons. The van der Waals surface area contributed by atoms with Crippen molar-refractivity contribution in [2.75, 3.05) is 21.6 Å². The number of Topliss-reactive ketones (excluding diaryl/α,β-unsaturated/α-hetero) is 1. The van der Waals surface area contributed by atoms with Gasteiger partial charge in [0.1, 0.15) is 5.84 Å². The van der Waals surface area contributed by atoms with Crippen LogP contribution in [0.2, 0.25) is 0 Å². The molecule has 0 fully saturated rings. The van der Waals surface area contributed by atoms with Crippen molar-refractivity contribution >= 4 is 38.9 Å². The average Bonchev–Trinajstić information content (AvgIpc) is 3.19. The molecular weight excluding hydrogens is 392 g/mol. The normalized spacial score (nSPS) is 13.6. The Balaban J connectivity index is 1.51. The maximum absolute atomic E-state index is 12.6. The van der Waals surface area contributed by atoms with E-state index in [0.717, 1.165) is 5.69 Å². The maximum Gasteiger partial charge on any atom is 0.261 e. The predicted octanol–water partition coefficient (Wildman–Crippen LogP) is 3.50. The quantitative estimate of drug-likeness (QED) is 0.555. The molecule has 2 heterocycles. The van der Waals surface area contributed by atoms with E-state index >= 15 is 0 Å². The van der Waals surface area contributed by atoms with Gasteiger partial charge in [-0.2, -0.15) is 0 Å². The summed E-state index contributed by atoms with van der Waals surface area (Å²) in [7, 11) is -3.78. The molecule has 0 aliphatic carbocycles. The summed E-state index contributed by atoms with van der Waals surface area (Å²) in [6.45, 7) is 1.79. The number of ketones is 1. The van der Waals surface area contributed by atoms with Gasteiger partial charge in [0.15, 0.2) is 5.78 Å². The summed E-state index contributed by atoms with van der Waals surface area (Å²) >= 11 is 0. The first kappa shape index (κ1) is 18.8. The van der Waals surface area contributed by atoms with Crippen LogP contribution in [0.5, 0.6) is 0 Å². The van der Waals surface area contributed by atoms with Gasteiger partial charge in [-0.25, -0.2) is 8.42 Å². The number of anilines is 3. The lowest BCUT2D eigenvalue weighted by molar-refractivity contribution is 0.101. The number of benzene rings is 2. The van der Waals surface area contributed by atoms with Crippen LogP contribution in [0.1, 0.15) is 22.8 Å². The van der Waals surface area contributed by atoms with Gasteiger partial charge in [-0.3, -0.25) is 14.9 Å². The summed E-state index contributed by atoms with van der Waals surface area (Å²) in [6, 6.07) is 14.2. The van der Waals surface area contributed by atoms with Gasteiger partial charge >= 0.3 is 0 Å². The van der Waals surface area contributed by atoms with Crippen LogP contribution in [-0.4, -0.2) is 26.7 Å².